The average molecular weight is 426 g/mol. The van der Waals surface area contributed by atoms with Crippen LogP contribution in [0, 0.1) is 5.82 Å². The van der Waals surface area contributed by atoms with Gasteiger partial charge in [-0.05, 0) is 32.8 Å². The molecule has 0 spiro atoms. The Morgan fingerprint density at radius 3 is 2.89 bits per heavy atom. The standard InChI is InChI=1S/C19H21ClFN3O3S/c1-19(2)8-10(6-7-27-19)24-17-14(18(26)23-24)16(28-9-13(25)22-17)11-4-3-5-12(20)15(11)21/h3-5,10,16H,6-9H2,1-2H3,(H,22,25)(H,23,26). The van der Waals surface area contributed by atoms with Crippen molar-refractivity contribution in [1.82, 2.24) is 9.78 Å². The number of fused-ring (bicyclic) bond motifs is 1. The Bertz CT molecular complexity index is 987. The van der Waals surface area contributed by atoms with Crippen LogP contribution in [-0.4, -0.2) is 33.6 Å². The largest absolute Gasteiger partial charge is 0.375 e. The van der Waals surface area contributed by atoms with Crippen LogP contribution in [0.25, 0.3) is 0 Å². The molecule has 1 fully saturated rings. The number of nitrogens with one attached hydrogen (secondary N) is 2. The van der Waals surface area contributed by atoms with E-state index in [0.29, 0.717) is 36.4 Å². The van der Waals surface area contributed by atoms with Crippen molar-refractivity contribution in [2.24, 2.45) is 0 Å². The smallest absolute Gasteiger partial charge is 0.270 e. The van der Waals surface area contributed by atoms with Gasteiger partial charge in [0, 0.05) is 12.2 Å². The van der Waals surface area contributed by atoms with Crippen LogP contribution in [0.3, 0.4) is 0 Å². The lowest BCUT2D eigenvalue weighted by Gasteiger charge is -2.36. The number of ether oxygens (including phenoxy) is 1. The first-order valence-corrected chi connectivity index (χ1v) is 10.5. The van der Waals surface area contributed by atoms with Gasteiger partial charge in [-0.25, -0.2) is 4.39 Å². The summed E-state index contributed by atoms with van der Waals surface area (Å²) in [7, 11) is 0. The molecule has 2 atom stereocenters. The van der Waals surface area contributed by atoms with Gasteiger partial charge in [0.15, 0.2) is 0 Å². The van der Waals surface area contributed by atoms with E-state index in [0.717, 1.165) is 0 Å². The van der Waals surface area contributed by atoms with Gasteiger partial charge >= 0.3 is 0 Å². The number of aromatic amines is 1. The molecule has 150 valence electrons. The highest BCUT2D eigenvalue weighted by atomic mass is 35.5. The number of H-pyrrole nitrogens is 1. The summed E-state index contributed by atoms with van der Waals surface area (Å²) in [6.07, 6.45) is 1.39. The van der Waals surface area contributed by atoms with Crippen molar-refractivity contribution in [3.63, 3.8) is 0 Å². The maximum absolute atomic E-state index is 14.7. The van der Waals surface area contributed by atoms with E-state index in [-0.39, 0.29) is 33.9 Å². The van der Waals surface area contributed by atoms with Crippen molar-refractivity contribution < 1.29 is 13.9 Å². The third-order valence-corrected chi connectivity index (χ3v) is 6.71. The van der Waals surface area contributed by atoms with Crippen LogP contribution < -0.4 is 10.9 Å². The summed E-state index contributed by atoms with van der Waals surface area (Å²) in [6, 6.07) is 4.68. The summed E-state index contributed by atoms with van der Waals surface area (Å²) in [4.78, 5) is 25.2. The van der Waals surface area contributed by atoms with Gasteiger partial charge in [0.25, 0.3) is 5.56 Å². The van der Waals surface area contributed by atoms with Crippen LogP contribution in [0.5, 0.6) is 0 Å². The Labute approximate surface area is 170 Å². The number of anilines is 1. The summed E-state index contributed by atoms with van der Waals surface area (Å²) >= 11 is 7.17. The van der Waals surface area contributed by atoms with Gasteiger partial charge < -0.3 is 10.1 Å². The normalized spacial score (nSPS) is 24.4. The second-order valence-electron chi connectivity index (χ2n) is 7.71. The lowest BCUT2D eigenvalue weighted by Crippen LogP contribution is -2.36. The molecule has 2 N–H and O–H groups in total. The van der Waals surface area contributed by atoms with E-state index >= 15 is 0 Å². The van der Waals surface area contributed by atoms with Gasteiger partial charge in [0.05, 0.1) is 33.2 Å². The minimum absolute atomic E-state index is 0.00905. The second kappa shape index (κ2) is 7.24. The number of thioether (sulfide) groups is 1. The monoisotopic (exact) mass is 425 g/mol. The molecule has 9 heteroatoms. The fourth-order valence-electron chi connectivity index (χ4n) is 3.91. The van der Waals surface area contributed by atoms with E-state index in [2.05, 4.69) is 10.4 Å². The molecular weight excluding hydrogens is 405 g/mol. The Hall–Kier alpha value is -1.77. The fourth-order valence-corrected chi connectivity index (χ4v) is 5.23. The van der Waals surface area contributed by atoms with Gasteiger partial charge in [-0.1, -0.05) is 23.7 Å². The summed E-state index contributed by atoms with van der Waals surface area (Å²) in [6.45, 7) is 4.55. The third kappa shape index (κ3) is 3.49. The van der Waals surface area contributed by atoms with E-state index in [1.807, 2.05) is 13.8 Å². The molecule has 2 unspecified atom stereocenters. The topological polar surface area (TPSA) is 76.1 Å². The van der Waals surface area contributed by atoms with E-state index in [4.69, 9.17) is 16.3 Å². The van der Waals surface area contributed by atoms with Crippen molar-refractivity contribution in [2.75, 3.05) is 17.7 Å². The lowest BCUT2D eigenvalue weighted by molar-refractivity contribution is -0.113. The first-order chi connectivity index (χ1) is 13.3. The summed E-state index contributed by atoms with van der Waals surface area (Å²) in [5.74, 6) is -0.270. The van der Waals surface area contributed by atoms with Crippen molar-refractivity contribution in [2.45, 2.75) is 43.6 Å². The SMILES string of the molecule is CC1(C)CC(n2[nH]c(=O)c3c2NC(=O)CSC3c2cccc(Cl)c2F)CCO1. The molecule has 0 saturated carbocycles. The van der Waals surface area contributed by atoms with Crippen molar-refractivity contribution in [3.8, 4) is 0 Å². The quantitative estimate of drug-likeness (QED) is 0.765. The second-order valence-corrected chi connectivity index (χ2v) is 9.21. The minimum atomic E-state index is -0.634. The van der Waals surface area contributed by atoms with Gasteiger partial charge in [-0.2, -0.15) is 0 Å². The van der Waals surface area contributed by atoms with Crippen LogP contribution >= 0.6 is 23.4 Å². The Kier molecular flexibility index (Phi) is 5.05. The van der Waals surface area contributed by atoms with Gasteiger partial charge in [0.2, 0.25) is 5.91 Å². The molecule has 1 amide bonds. The van der Waals surface area contributed by atoms with E-state index in [1.165, 1.54) is 17.8 Å². The number of carbonyl (C=O) groups is 1. The fraction of sp³-hybridized carbons (Fsp3) is 0.474. The van der Waals surface area contributed by atoms with Crippen molar-refractivity contribution in [3.05, 3.63) is 50.5 Å². The zero-order valence-corrected chi connectivity index (χ0v) is 17.1. The number of nitrogens with zero attached hydrogens (tertiary/aromatic N) is 1. The third-order valence-electron chi connectivity index (χ3n) is 5.16. The predicted octanol–water partition coefficient (Wildman–Crippen LogP) is 3.87. The zero-order chi connectivity index (χ0) is 20.1. The molecule has 28 heavy (non-hydrogen) atoms. The molecule has 3 heterocycles. The van der Waals surface area contributed by atoms with Gasteiger partial charge in [0.1, 0.15) is 11.6 Å². The maximum Gasteiger partial charge on any atom is 0.270 e. The Morgan fingerprint density at radius 2 is 2.14 bits per heavy atom. The molecule has 6 nitrogen and oxygen atoms in total. The molecule has 0 radical (unpaired) electrons. The Balaban J connectivity index is 1.84. The number of amides is 1. The summed E-state index contributed by atoms with van der Waals surface area (Å²) in [5, 5.41) is 5.07. The lowest BCUT2D eigenvalue weighted by atomic mass is 9.94. The highest BCUT2D eigenvalue weighted by Gasteiger charge is 2.36. The number of benzene rings is 1. The van der Waals surface area contributed by atoms with Crippen molar-refractivity contribution in [1.29, 1.82) is 0 Å². The molecule has 0 aliphatic carbocycles. The number of hydrogen-bond acceptors (Lipinski definition) is 4. The number of hydrogen-bond donors (Lipinski definition) is 2. The summed E-state index contributed by atoms with van der Waals surface area (Å²) < 4.78 is 22.2. The molecule has 2 aromatic rings. The van der Waals surface area contributed by atoms with Gasteiger partial charge in [-0.15, -0.1) is 11.8 Å². The highest BCUT2D eigenvalue weighted by molar-refractivity contribution is 8.00. The molecule has 1 aromatic carbocycles. The predicted molar refractivity (Wildman–Crippen MR) is 108 cm³/mol. The summed E-state index contributed by atoms with van der Waals surface area (Å²) in [5.41, 5.74) is -0.0238. The number of aromatic nitrogens is 2. The molecular formula is C19H21ClFN3O3S. The average Bonchev–Trinajstić information content (AvgIpc) is 2.83. The van der Waals surface area contributed by atoms with Crippen molar-refractivity contribution >= 4 is 35.1 Å². The van der Waals surface area contributed by atoms with Crippen LogP contribution in [-0.2, 0) is 9.53 Å². The van der Waals surface area contributed by atoms with Crippen LogP contribution in [0.15, 0.2) is 23.0 Å². The number of carbonyl (C=O) groups excluding carboxylic acids is 1. The highest BCUT2D eigenvalue weighted by Crippen LogP contribution is 2.43. The van der Waals surface area contributed by atoms with E-state index in [1.54, 1.807) is 16.8 Å². The first-order valence-electron chi connectivity index (χ1n) is 9.10. The van der Waals surface area contributed by atoms with Crippen LogP contribution in [0.2, 0.25) is 5.02 Å². The Morgan fingerprint density at radius 1 is 1.36 bits per heavy atom. The molecule has 4 rings (SSSR count). The van der Waals surface area contributed by atoms with Gasteiger partial charge in [-0.3, -0.25) is 19.4 Å². The van der Waals surface area contributed by atoms with E-state index < -0.39 is 11.1 Å². The molecule has 1 saturated heterocycles. The minimum Gasteiger partial charge on any atom is -0.375 e. The van der Waals surface area contributed by atoms with Crippen LogP contribution in [0.4, 0.5) is 10.2 Å². The number of halogens is 2. The molecule has 0 bridgehead atoms. The molecule has 2 aliphatic heterocycles. The maximum atomic E-state index is 14.7. The molecule has 1 aromatic heterocycles. The van der Waals surface area contributed by atoms with Crippen LogP contribution in [0.1, 0.15) is 49.1 Å². The van der Waals surface area contributed by atoms with E-state index in [9.17, 15) is 14.0 Å². The first kappa shape index (κ1) is 19.5. The zero-order valence-electron chi connectivity index (χ0n) is 15.6. The molecule has 2 aliphatic rings. The number of rotatable bonds is 2.